The molecule has 0 N–H and O–H groups in total. The zero-order valence-corrected chi connectivity index (χ0v) is 16.2. The standard InChI is InChI=1S/C19H26N6O2/c1-14-9-15(23(2)21-14)10-24-7-5-18-16(11-24)19(17-12-27-13-20-17)22-25(18)6-4-8-26-3/h9,12-13H,4-8,10-11H2,1-3H3. The Balaban J connectivity index is 1.59. The molecule has 0 radical (unpaired) electrons. The summed E-state index contributed by atoms with van der Waals surface area (Å²) in [5.74, 6) is 0. The van der Waals surface area contributed by atoms with Crippen molar-refractivity contribution in [1.29, 1.82) is 0 Å². The van der Waals surface area contributed by atoms with E-state index in [0.717, 1.165) is 62.7 Å². The van der Waals surface area contributed by atoms with Gasteiger partial charge >= 0.3 is 0 Å². The summed E-state index contributed by atoms with van der Waals surface area (Å²) in [5, 5.41) is 9.33. The molecular formula is C19H26N6O2. The molecule has 0 bridgehead atoms. The second kappa shape index (κ2) is 7.66. The molecule has 0 atom stereocenters. The third-order valence-corrected chi connectivity index (χ3v) is 5.09. The van der Waals surface area contributed by atoms with Crippen LogP contribution in [0.15, 0.2) is 23.1 Å². The fraction of sp³-hybridized carbons (Fsp3) is 0.526. The number of nitrogens with zero attached hydrogens (tertiary/aromatic N) is 6. The van der Waals surface area contributed by atoms with Gasteiger partial charge in [0.2, 0.25) is 0 Å². The van der Waals surface area contributed by atoms with Crippen LogP contribution < -0.4 is 0 Å². The first-order chi connectivity index (χ1) is 13.2. The van der Waals surface area contributed by atoms with E-state index in [4.69, 9.17) is 14.3 Å². The van der Waals surface area contributed by atoms with Crippen molar-refractivity contribution in [1.82, 2.24) is 29.4 Å². The molecule has 0 aromatic carbocycles. The number of hydrogen-bond donors (Lipinski definition) is 0. The van der Waals surface area contributed by atoms with Gasteiger partial charge in [-0.2, -0.15) is 10.2 Å². The summed E-state index contributed by atoms with van der Waals surface area (Å²) in [6.07, 6.45) is 5.06. The van der Waals surface area contributed by atoms with Crippen molar-refractivity contribution >= 4 is 0 Å². The van der Waals surface area contributed by atoms with Crippen LogP contribution >= 0.6 is 0 Å². The lowest BCUT2D eigenvalue weighted by atomic mass is 10.0. The van der Waals surface area contributed by atoms with E-state index in [-0.39, 0.29) is 0 Å². The monoisotopic (exact) mass is 370 g/mol. The molecule has 144 valence electrons. The molecule has 1 aliphatic heterocycles. The van der Waals surface area contributed by atoms with Gasteiger partial charge in [-0.05, 0) is 19.4 Å². The molecule has 0 saturated heterocycles. The third-order valence-electron chi connectivity index (χ3n) is 5.09. The summed E-state index contributed by atoms with van der Waals surface area (Å²) in [4.78, 5) is 6.78. The Hall–Kier alpha value is -2.45. The molecule has 3 aromatic rings. The fourth-order valence-corrected chi connectivity index (χ4v) is 3.80. The van der Waals surface area contributed by atoms with Crippen LogP contribution in [0, 0.1) is 6.92 Å². The average molecular weight is 370 g/mol. The maximum absolute atomic E-state index is 5.20. The third kappa shape index (κ3) is 3.68. The van der Waals surface area contributed by atoms with Crippen molar-refractivity contribution in [3.05, 3.63) is 41.4 Å². The zero-order valence-electron chi connectivity index (χ0n) is 16.2. The maximum atomic E-state index is 5.20. The summed E-state index contributed by atoms with van der Waals surface area (Å²) in [7, 11) is 3.74. The highest BCUT2D eigenvalue weighted by Crippen LogP contribution is 2.30. The number of hydrogen-bond acceptors (Lipinski definition) is 6. The molecule has 0 unspecified atom stereocenters. The van der Waals surface area contributed by atoms with Gasteiger partial charge in [-0.15, -0.1) is 0 Å². The Labute approximate surface area is 158 Å². The number of aromatic nitrogens is 5. The van der Waals surface area contributed by atoms with E-state index in [9.17, 15) is 0 Å². The second-order valence-electron chi connectivity index (χ2n) is 7.08. The van der Waals surface area contributed by atoms with Gasteiger partial charge in [0.1, 0.15) is 17.7 Å². The number of ether oxygens (including phenoxy) is 1. The minimum atomic E-state index is 0.736. The minimum absolute atomic E-state index is 0.736. The highest BCUT2D eigenvalue weighted by Gasteiger charge is 2.27. The average Bonchev–Trinajstić information content (AvgIpc) is 3.35. The van der Waals surface area contributed by atoms with Crippen LogP contribution in [0.1, 0.15) is 29.1 Å². The van der Waals surface area contributed by atoms with Crippen molar-refractivity contribution in [3.63, 3.8) is 0 Å². The summed E-state index contributed by atoms with van der Waals surface area (Å²) in [6, 6.07) is 2.15. The van der Waals surface area contributed by atoms with E-state index in [1.807, 2.05) is 18.7 Å². The lowest BCUT2D eigenvalue weighted by molar-refractivity contribution is 0.187. The number of methoxy groups -OCH3 is 1. The van der Waals surface area contributed by atoms with Crippen LogP contribution in [0.2, 0.25) is 0 Å². The highest BCUT2D eigenvalue weighted by molar-refractivity contribution is 5.59. The first-order valence-electron chi connectivity index (χ1n) is 9.33. The van der Waals surface area contributed by atoms with Gasteiger partial charge in [-0.1, -0.05) is 0 Å². The first-order valence-corrected chi connectivity index (χ1v) is 9.33. The summed E-state index contributed by atoms with van der Waals surface area (Å²) >= 11 is 0. The van der Waals surface area contributed by atoms with Crippen LogP contribution in [-0.2, 0) is 37.8 Å². The van der Waals surface area contributed by atoms with Crippen LogP contribution in [0.4, 0.5) is 0 Å². The predicted molar refractivity (Wildman–Crippen MR) is 100.0 cm³/mol. The number of aryl methyl sites for hydroxylation is 3. The Morgan fingerprint density at radius 1 is 1.30 bits per heavy atom. The van der Waals surface area contributed by atoms with Gasteiger partial charge in [-0.3, -0.25) is 14.3 Å². The van der Waals surface area contributed by atoms with E-state index in [2.05, 4.69) is 25.7 Å². The highest BCUT2D eigenvalue weighted by atomic mass is 16.5. The molecule has 0 spiro atoms. The molecule has 3 aromatic heterocycles. The van der Waals surface area contributed by atoms with Gasteiger partial charge in [0.25, 0.3) is 0 Å². The van der Waals surface area contributed by atoms with E-state index >= 15 is 0 Å². The van der Waals surface area contributed by atoms with Crippen molar-refractivity contribution in [2.75, 3.05) is 20.3 Å². The van der Waals surface area contributed by atoms with Gasteiger partial charge in [0, 0.05) is 64.6 Å². The predicted octanol–water partition coefficient (Wildman–Crippen LogP) is 2.17. The van der Waals surface area contributed by atoms with Gasteiger partial charge in [0.05, 0.1) is 11.4 Å². The largest absolute Gasteiger partial charge is 0.451 e. The second-order valence-corrected chi connectivity index (χ2v) is 7.08. The maximum Gasteiger partial charge on any atom is 0.181 e. The quantitative estimate of drug-likeness (QED) is 0.594. The zero-order chi connectivity index (χ0) is 18.8. The van der Waals surface area contributed by atoms with Crippen LogP contribution in [0.5, 0.6) is 0 Å². The number of rotatable bonds is 7. The molecule has 8 heteroatoms. The minimum Gasteiger partial charge on any atom is -0.451 e. The van der Waals surface area contributed by atoms with Gasteiger partial charge < -0.3 is 9.15 Å². The molecule has 0 aliphatic carbocycles. The molecule has 0 fully saturated rings. The normalized spacial score (nSPS) is 14.6. The van der Waals surface area contributed by atoms with Gasteiger partial charge in [0.15, 0.2) is 6.39 Å². The van der Waals surface area contributed by atoms with E-state index in [1.165, 1.54) is 23.3 Å². The van der Waals surface area contributed by atoms with Crippen LogP contribution in [0.3, 0.4) is 0 Å². The molecular weight excluding hydrogens is 344 g/mol. The van der Waals surface area contributed by atoms with E-state index < -0.39 is 0 Å². The Kier molecular flexibility index (Phi) is 5.09. The molecule has 0 saturated carbocycles. The Morgan fingerprint density at radius 2 is 2.19 bits per heavy atom. The van der Waals surface area contributed by atoms with Crippen molar-refractivity contribution in [2.45, 2.75) is 39.4 Å². The molecule has 8 nitrogen and oxygen atoms in total. The summed E-state index contributed by atoms with van der Waals surface area (Å²) in [6.45, 7) is 6.36. The summed E-state index contributed by atoms with van der Waals surface area (Å²) in [5.41, 5.74) is 6.58. The lowest BCUT2D eigenvalue weighted by Crippen LogP contribution is -2.31. The smallest absolute Gasteiger partial charge is 0.181 e. The number of fused-ring (bicyclic) bond motifs is 1. The lowest BCUT2D eigenvalue weighted by Gasteiger charge is -2.27. The topological polar surface area (TPSA) is 74.1 Å². The summed E-state index contributed by atoms with van der Waals surface area (Å²) < 4.78 is 14.5. The van der Waals surface area contributed by atoms with E-state index in [0.29, 0.717) is 0 Å². The first kappa shape index (κ1) is 17.9. The molecule has 27 heavy (non-hydrogen) atoms. The van der Waals surface area contributed by atoms with Crippen molar-refractivity contribution in [3.8, 4) is 11.4 Å². The Morgan fingerprint density at radius 3 is 2.89 bits per heavy atom. The number of oxazole rings is 1. The molecule has 1 aliphatic rings. The van der Waals surface area contributed by atoms with Crippen molar-refractivity contribution in [2.24, 2.45) is 7.05 Å². The molecule has 4 heterocycles. The van der Waals surface area contributed by atoms with E-state index in [1.54, 1.807) is 13.4 Å². The van der Waals surface area contributed by atoms with Crippen molar-refractivity contribution < 1.29 is 9.15 Å². The SMILES string of the molecule is COCCCn1nc(-c2cocn2)c2c1CCN(Cc1cc(C)nn1C)C2. The van der Waals surface area contributed by atoms with Gasteiger partial charge in [-0.25, -0.2) is 4.98 Å². The van der Waals surface area contributed by atoms with Crippen LogP contribution in [0.25, 0.3) is 11.4 Å². The Bertz CT molecular complexity index is 896. The van der Waals surface area contributed by atoms with Crippen LogP contribution in [-0.4, -0.2) is 49.7 Å². The fourth-order valence-electron chi connectivity index (χ4n) is 3.80. The molecule has 0 amide bonds. The molecule has 4 rings (SSSR count).